The fourth-order valence-electron chi connectivity index (χ4n) is 2.84. The average Bonchev–Trinajstić information content (AvgIpc) is 3.30. The highest BCUT2D eigenvalue weighted by atomic mass is 32.2. The van der Waals surface area contributed by atoms with E-state index < -0.39 is 0 Å². The van der Waals surface area contributed by atoms with Gasteiger partial charge in [-0.2, -0.15) is 0 Å². The molecule has 0 spiro atoms. The Morgan fingerprint density at radius 1 is 1.09 bits per heavy atom. The van der Waals surface area contributed by atoms with Crippen LogP contribution >= 0.6 is 23.1 Å². The molecule has 0 saturated heterocycles. The van der Waals surface area contributed by atoms with Gasteiger partial charge in [-0.05, 0) is 42.8 Å². The van der Waals surface area contributed by atoms with Gasteiger partial charge >= 0.3 is 0 Å². The van der Waals surface area contributed by atoms with E-state index in [9.17, 15) is 9.59 Å². The summed E-state index contributed by atoms with van der Waals surface area (Å²) in [7, 11) is 1.58. The predicted octanol–water partition coefficient (Wildman–Crippen LogP) is 4.71. The Balaban J connectivity index is 1.61. The summed E-state index contributed by atoms with van der Waals surface area (Å²) in [5, 5.41) is 8.06. The van der Waals surface area contributed by atoms with E-state index >= 15 is 0 Å². The van der Waals surface area contributed by atoms with E-state index in [1.807, 2.05) is 41.8 Å². The number of nitrogens with one attached hydrogen (secondary N) is 2. The maximum atomic E-state index is 12.9. The van der Waals surface area contributed by atoms with Gasteiger partial charge in [-0.1, -0.05) is 19.1 Å². The first kappa shape index (κ1) is 24.8. The summed E-state index contributed by atoms with van der Waals surface area (Å²) < 4.78 is 10.5. The molecule has 0 fully saturated rings. The van der Waals surface area contributed by atoms with Gasteiger partial charge in [0.1, 0.15) is 5.75 Å². The molecule has 0 aliphatic heterocycles. The highest BCUT2D eigenvalue weighted by molar-refractivity contribution is 8.00. The molecule has 0 aliphatic rings. The number of thioether (sulfide) groups is 1. The number of ether oxygens (including phenoxy) is 2. The van der Waals surface area contributed by atoms with Crippen LogP contribution in [0.1, 0.15) is 23.7 Å². The summed E-state index contributed by atoms with van der Waals surface area (Å²) in [4.78, 5) is 30.1. The molecule has 9 heteroatoms. The molecule has 3 rings (SSSR count). The number of benzene rings is 2. The zero-order chi connectivity index (χ0) is 23.5. The van der Waals surface area contributed by atoms with Crippen LogP contribution in [-0.2, 0) is 9.53 Å². The molecule has 33 heavy (non-hydrogen) atoms. The minimum atomic E-state index is -0.262. The molecule has 2 aromatic carbocycles. The first-order chi connectivity index (χ1) is 16.1. The number of hydrogen-bond acceptors (Lipinski definition) is 7. The molecule has 2 N–H and O–H groups in total. The van der Waals surface area contributed by atoms with Crippen molar-refractivity contribution >= 4 is 40.0 Å². The maximum absolute atomic E-state index is 12.9. The molecule has 0 saturated carbocycles. The minimum absolute atomic E-state index is 0.108. The van der Waals surface area contributed by atoms with Crippen molar-refractivity contribution in [1.29, 1.82) is 0 Å². The van der Waals surface area contributed by atoms with Crippen LogP contribution in [0.25, 0.3) is 11.3 Å². The number of aromatic nitrogens is 1. The van der Waals surface area contributed by atoms with Crippen LogP contribution in [0.5, 0.6) is 5.75 Å². The number of hydrogen-bond donors (Lipinski definition) is 2. The van der Waals surface area contributed by atoms with Crippen molar-refractivity contribution < 1.29 is 19.1 Å². The third kappa shape index (κ3) is 7.59. The van der Waals surface area contributed by atoms with Crippen LogP contribution in [0.4, 0.5) is 5.13 Å². The number of methoxy groups -OCH3 is 1. The molecule has 2 amide bonds. The minimum Gasteiger partial charge on any atom is -0.494 e. The van der Waals surface area contributed by atoms with Crippen molar-refractivity contribution in [3.63, 3.8) is 0 Å². The molecular formula is C24H27N3O4S2. The SMILES string of the molecule is CCCOc1ccc(-c2csc(NC(=O)c3ccccc3SCC(=O)NCCOC)n2)cc1. The number of anilines is 1. The van der Waals surface area contributed by atoms with Gasteiger partial charge in [0.05, 0.1) is 30.2 Å². The second-order valence-corrected chi connectivity index (χ2v) is 8.87. The average molecular weight is 486 g/mol. The normalized spacial score (nSPS) is 10.6. The van der Waals surface area contributed by atoms with Gasteiger partial charge in [-0.15, -0.1) is 23.1 Å². The summed E-state index contributed by atoms with van der Waals surface area (Å²) in [5.74, 6) is 0.670. The van der Waals surface area contributed by atoms with E-state index in [1.54, 1.807) is 19.2 Å². The van der Waals surface area contributed by atoms with E-state index in [-0.39, 0.29) is 17.6 Å². The second kappa shape index (κ2) is 13.0. The third-order valence-corrected chi connectivity index (χ3v) is 6.30. The van der Waals surface area contributed by atoms with E-state index in [1.165, 1.54) is 23.1 Å². The monoisotopic (exact) mass is 485 g/mol. The Morgan fingerprint density at radius 3 is 2.64 bits per heavy atom. The number of carbonyl (C=O) groups excluding carboxylic acids is 2. The molecule has 174 valence electrons. The zero-order valence-electron chi connectivity index (χ0n) is 18.6. The lowest BCUT2D eigenvalue weighted by Crippen LogP contribution is -2.28. The lowest BCUT2D eigenvalue weighted by atomic mass is 10.2. The topological polar surface area (TPSA) is 89.5 Å². The number of nitrogens with zero attached hydrogens (tertiary/aromatic N) is 1. The number of thiazole rings is 1. The summed E-state index contributed by atoms with van der Waals surface area (Å²) in [6.45, 7) is 3.67. The van der Waals surface area contributed by atoms with Crippen molar-refractivity contribution in [3.8, 4) is 17.0 Å². The van der Waals surface area contributed by atoms with Crippen LogP contribution in [0.2, 0.25) is 0 Å². The van der Waals surface area contributed by atoms with Gasteiger partial charge in [0.15, 0.2) is 5.13 Å². The zero-order valence-corrected chi connectivity index (χ0v) is 20.3. The third-order valence-electron chi connectivity index (χ3n) is 4.47. The molecule has 7 nitrogen and oxygen atoms in total. The van der Waals surface area contributed by atoms with Crippen molar-refractivity contribution in [1.82, 2.24) is 10.3 Å². The molecule has 1 aromatic heterocycles. The van der Waals surface area contributed by atoms with Crippen LogP contribution < -0.4 is 15.4 Å². The summed E-state index contributed by atoms with van der Waals surface area (Å²) in [6, 6.07) is 15.0. The Hall–Kier alpha value is -2.88. The molecular weight excluding hydrogens is 458 g/mol. The Morgan fingerprint density at radius 2 is 1.88 bits per heavy atom. The molecule has 0 unspecified atom stereocenters. The van der Waals surface area contributed by atoms with Gasteiger partial charge in [0.25, 0.3) is 5.91 Å². The molecule has 0 atom stereocenters. The Labute approximate surface area is 201 Å². The smallest absolute Gasteiger partial charge is 0.258 e. The molecule has 3 aromatic rings. The van der Waals surface area contributed by atoms with Crippen molar-refractivity contribution in [2.24, 2.45) is 0 Å². The maximum Gasteiger partial charge on any atom is 0.258 e. The van der Waals surface area contributed by atoms with Gasteiger partial charge < -0.3 is 14.8 Å². The van der Waals surface area contributed by atoms with Crippen LogP contribution in [0.15, 0.2) is 58.8 Å². The predicted molar refractivity (Wildman–Crippen MR) is 133 cm³/mol. The van der Waals surface area contributed by atoms with E-state index in [0.29, 0.717) is 30.5 Å². The number of carbonyl (C=O) groups is 2. The first-order valence-electron chi connectivity index (χ1n) is 10.6. The van der Waals surface area contributed by atoms with Gasteiger partial charge in [0.2, 0.25) is 5.91 Å². The lowest BCUT2D eigenvalue weighted by Gasteiger charge is -2.09. The highest BCUT2D eigenvalue weighted by Gasteiger charge is 2.15. The Kier molecular flexibility index (Phi) is 9.74. The highest BCUT2D eigenvalue weighted by Crippen LogP contribution is 2.28. The summed E-state index contributed by atoms with van der Waals surface area (Å²) >= 11 is 2.68. The molecule has 0 bridgehead atoms. The van der Waals surface area contributed by atoms with Crippen LogP contribution in [0, 0.1) is 0 Å². The standard InChI is InChI=1S/C24H27N3O4S2/c1-3-13-31-18-10-8-17(9-11-18)20-15-33-24(26-20)27-23(29)19-6-4-5-7-21(19)32-16-22(28)25-12-14-30-2/h4-11,15H,3,12-14,16H2,1-2H3,(H,25,28)(H,26,27,29). The molecule has 0 radical (unpaired) electrons. The van der Waals surface area contributed by atoms with E-state index in [0.717, 1.165) is 28.3 Å². The largest absolute Gasteiger partial charge is 0.494 e. The van der Waals surface area contributed by atoms with E-state index in [4.69, 9.17) is 9.47 Å². The summed E-state index contributed by atoms with van der Waals surface area (Å²) in [5.41, 5.74) is 2.24. The molecule has 0 aliphatic carbocycles. The first-order valence-corrected chi connectivity index (χ1v) is 12.4. The van der Waals surface area contributed by atoms with Gasteiger partial charge in [0, 0.05) is 29.5 Å². The number of rotatable bonds is 12. The van der Waals surface area contributed by atoms with Crippen LogP contribution in [0.3, 0.4) is 0 Å². The van der Waals surface area contributed by atoms with E-state index in [2.05, 4.69) is 22.5 Å². The Bertz CT molecular complexity index is 1050. The molecule has 1 heterocycles. The van der Waals surface area contributed by atoms with Crippen molar-refractivity contribution in [2.75, 3.05) is 37.9 Å². The van der Waals surface area contributed by atoms with Crippen molar-refractivity contribution in [2.45, 2.75) is 18.2 Å². The van der Waals surface area contributed by atoms with Gasteiger partial charge in [-0.3, -0.25) is 14.9 Å². The van der Waals surface area contributed by atoms with Crippen LogP contribution in [-0.4, -0.2) is 49.4 Å². The fraction of sp³-hybridized carbons (Fsp3) is 0.292. The fourth-order valence-corrected chi connectivity index (χ4v) is 4.43. The number of amides is 2. The second-order valence-electron chi connectivity index (χ2n) is 6.99. The van der Waals surface area contributed by atoms with Gasteiger partial charge in [-0.25, -0.2) is 4.98 Å². The lowest BCUT2D eigenvalue weighted by molar-refractivity contribution is -0.118. The quantitative estimate of drug-likeness (QED) is 0.285. The summed E-state index contributed by atoms with van der Waals surface area (Å²) in [6.07, 6.45) is 0.958. The van der Waals surface area contributed by atoms with Crippen molar-refractivity contribution in [3.05, 3.63) is 59.5 Å².